The number of halogens is 1. The number of pyridine rings is 1. The zero-order valence-electron chi connectivity index (χ0n) is 11.4. The lowest BCUT2D eigenvalue weighted by Crippen LogP contribution is -2.35. The quantitative estimate of drug-likeness (QED) is 0.694. The minimum absolute atomic E-state index is 0.140. The van der Waals surface area contributed by atoms with Crippen LogP contribution in [0.3, 0.4) is 0 Å². The SMILES string of the molecule is CC1(C)Cc2nc3ccc(Cl)cn3c2C(C)(C)C1. The van der Waals surface area contributed by atoms with E-state index in [9.17, 15) is 0 Å². The van der Waals surface area contributed by atoms with Gasteiger partial charge in [-0.25, -0.2) is 4.98 Å². The average molecular weight is 263 g/mol. The van der Waals surface area contributed by atoms with Gasteiger partial charge in [0.15, 0.2) is 0 Å². The maximum absolute atomic E-state index is 6.12. The number of hydrogen-bond acceptors (Lipinski definition) is 1. The number of fused-ring (bicyclic) bond motifs is 3. The molecule has 0 unspecified atom stereocenters. The summed E-state index contributed by atoms with van der Waals surface area (Å²) in [5.74, 6) is 0. The Balaban J connectivity index is 2.32. The van der Waals surface area contributed by atoms with Crippen LogP contribution in [-0.4, -0.2) is 9.38 Å². The van der Waals surface area contributed by atoms with Crippen molar-refractivity contribution in [1.29, 1.82) is 0 Å². The maximum atomic E-state index is 6.12. The molecule has 1 aliphatic carbocycles. The van der Waals surface area contributed by atoms with E-state index in [-0.39, 0.29) is 5.41 Å². The van der Waals surface area contributed by atoms with Crippen molar-refractivity contribution >= 4 is 17.2 Å². The summed E-state index contributed by atoms with van der Waals surface area (Å²) in [4.78, 5) is 4.79. The number of nitrogens with zero attached hydrogens (tertiary/aromatic N) is 2. The van der Waals surface area contributed by atoms with Crippen LogP contribution in [0, 0.1) is 5.41 Å². The van der Waals surface area contributed by atoms with E-state index in [1.807, 2.05) is 18.3 Å². The zero-order chi connectivity index (χ0) is 13.1. The van der Waals surface area contributed by atoms with E-state index in [0.717, 1.165) is 17.1 Å². The Morgan fingerprint density at radius 2 is 1.94 bits per heavy atom. The van der Waals surface area contributed by atoms with Crippen molar-refractivity contribution in [2.45, 2.75) is 46.0 Å². The van der Waals surface area contributed by atoms with Gasteiger partial charge in [-0.3, -0.25) is 0 Å². The smallest absolute Gasteiger partial charge is 0.137 e. The summed E-state index contributed by atoms with van der Waals surface area (Å²) >= 11 is 6.12. The van der Waals surface area contributed by atoms with Crippen LogP contribution in [0.4, 0.5) is 0 Å². The van der Waals surface area contributed by atoms with Crippen molar-refractivity contribution in [2.75, 3.05) is 0 Å². The van der Waals surface area contributed by atoms with Crippen molar-refractivity contribution in [3.05, 3.63) is 34.7 Å². The normalized spacial score (nSPS) is 20.9. The fourth-order valence-corrected chi connectivity index (χ4v) is 3.86. The van der Waals surface area contributed by atoms with Crippen LogP contribution in [0.25, 0.3) is 5.65 Å². The summed E-state index contributed by atoms with van der Waals surface area (Å²) in [5.41, 5.74) is 4.03. The van der Waals surface area contributed by atoms with Crippen molar-refractivity contribution in [3.63, 3.8) is 0 Å². The first-order valence-corrected chi connectivity index (χ1v) is 6.83. The Kier molecular flexibility index (Phi) is 2.34. The summed E-state index contributed by atoms with van der Waals surface area (Å²) in [6.07, 6.45) is 4.21. The topological polar surface area (TPSA) is 17.3 Å². The molecule has 0 atom stereocenters. The van der Waals surface area contributed by atoms with E-state index < -0.39 is 0 Å². The molecule has 0 aliphatic heterocycles. The first kappa shape index (κ1) is 12.0. The van der Waals surface area contributed by atoms with E-state index in [1.54, 1.807) is 0 Å². The van der Waals surface area contributed by atoms with Crippen molar-refractivity contribution in [2.24, 2.45) is 5.41 Å². The van der Waals surface area contributed by atoms with Gasteiger partial charge >= 0.3 is 0 Å². The molecule has 0 N–H and O–H groups in total. The van der Waals surface area contributed by atoms with Gasteiger partial charge in [0.1, 0.15) is 5.65 Å². The van der Waals surface area contributed by atoms with E-state index in [0.29, 0.717) is 5.41 Å². The monoisotopic (exact) mass is 262 g/mol. The minimum Gasteiger partial charge on any atom is -0.302 e. The third-order valence-electron chi connectivity index (χ3n) is 3.86. The minimum atomic E-state index is 0.140. The molecule has 0 spiro atoms. The third kappa shape index (κ3) is 1.74. The van der Waals surface area contributed by atoms with Gasteiger partial charge in [-0.05, 0) is 30.4 Å². The van der Waals surface area contributed by atoms with Crippen LogP contribution >= 0.6 is 11.6 Å². The van der Waals surface area contributed by atoms with Crippen LogP contribution in [0.1, 0.15) is 45.5 Å². The Hall–Kier alpha value is -1.02. The predicted octanol–water partition coefficient (Wildman–Crippen LogP) is 4.24. The fourth-order valence-electron chi connectivity index (χ4n) is 3.70. The van der Waals surface area contributed by atoms with E-state index in [1.165, 1.54) is 17.8 Å². The van der Waals surface area contributed by atoms with Crippen LogP contribution in [0.5, 0.6) is 0 Å². The lowest BCUT2D eigenvalue weighted by atomic mass is 9.66. The molecule has 3 rings (SSSR count). The van der Waals surface area contributed by atoms with Gasteiger partial charge < -0.3 is 4.40 Å². The summed E-state index contributed by atoms with van der Waals surface area (Å²) in [6.45, 7) is 9.27. The van der Waals surface area contributed by atoms with E-state index in [2.05, 4.69) is 32.1 Å². The van der Waals surface area contributed by atoms with Gasteiger partial charge in [0, 0.05) is 11.6 Å². The van der Waals surface area contributed by atoms with E-state index in [4.69, 9.17) is 16.6 Å². The van der Waals surface area contributed by atoms with Gasteiger partial charge in [-0.2, -0.15) is 0 Å². The molecule has 1 aliphatic rings. The van der Waals surface area contributed by atoms with Crippen LogP contribution in [-0.2, 0) is 11.8 Å². The second-order valence-electron chi connectivity index (χ2n) is 6.88. The molecule has 0 saturated heterocycles. The second-order valence-corrected chi connectivity index (χ2v) is 7.32. The van der Waals surface area contributed by atoms with Gasteiger partial charge in [-0.15, -0.1) is 0 Å². The summed E-state index contributed by atoms with van der Waals surface area (Å²) in [5, 5.41) is 0.767. The molecule has 2 aromatic heterocycles. The molecular weight excluding hydrogens is 244 g/mol. The Morgan fingerprint density at radius 3 is 2.67 bits per heavy atom. The predicted molar refractivity (Wildman–Crippen MR) is 75.3 cm³/mol. The molecule has 0 aromatic carbocycles. The van der Waals surface area contributed by atoms with Crippen LogP contribution < -0.4 is 0 Å². The van der Waals surface area contributed by atoms with Crippen molar-refractivity contribution < 1.29 is 0 Å². The summed E-state index contributed by atoms with van der Waals surface area (Å²) < 4.78 is 2.17. The first-order valence-electron chi connectivity index (χ1n) is 6.46. The molecule has 2 heterocycles. The zero-order valence-corrected chi connectivity index (χ0v) is 12.2. The summed E-state index contributed by atoms with van der Waals surface area (Å²) in [7, 11) is 0. The highest BCUT2D eigenvalue weighted by Gasteiger charge is 2.40. The largest absolute Gasteiger partial charge is 0.302 e. The molecule has 2 nitrogen and oxygen atoms in total. The lowest BCUT2D eigenvalue weighted by Gasteiger charge is -2.40. The third-order valence-corrected chi connectivity index (χ3v) is 4.09. The number of imidazole rings is 1. The molecule has 3 heteroatoms. The van der Waals surface area contributed by atoms with Crippen molar-refractivity contribution in [3.8, 4) is 0 Å². The van der Waals surface area contributed by atoms with Gasteiger partial charge in [0.2, 0.25) is 0 Å². The van der Waals surface area contributed by atoms with Crippen LogP contribution in [0.15, 0.2) is 18.3 Å². The van der Waals surface area contributed by atoms with Crippen LogP contribution in [0.2, 0.25) is 5.02 Å². The van der Waals surface area contributed by atoms with E-state index >= 15 is 0 Å². The number of rotatable bonds is 0. The Morgan fingerprint density at radius 1 is 1.22 bits per heavy atom. The maximum Gasteiger partial charge on any atom is 0.137 e. The molecule has 0 fully saturated rings. The highest BCUT2D eigenvalue weighted by atomic mass is 35.5. The molecule has 0 bridgehead atoms. The number of aromatic nitrogens is 2. The number of hydrogen-bond donors (Lipinski definition) is 0. The van der Waals surface area contributed by atoms with Gasteiger partial charge in [-0.1, -0.05) is 39.3 Å². The molecule has 2 aromatic rings. The standard InChI is InChI=1S/C15H19ClN2/c1-14(2)7-11-13(15(3,4)9-14)18-8-10(16)5-6-12(18)17-11/h5-6,8H,7,9H2,1-4H3. The molecule has 0 amide bonds. The molecule has 0 radical (unpaired) electrons. The Labute approximate surface area is 113 Å². The fraction of sp³-hybridized carbons (Fsp3) is 0.533. The van der Waals surface area contributed by atoms with Gasteiger partial charge in [0.25, 0.3) is 0 Å². The molecule has 0 saturated carbocycles. The second kappa shape index (κ2) is 3.51. The highest BCUT2D eigenvalue weighted by molar-refractivity contribution is 6.30. The van der Waals surface area contributed by atoms with Crippen molar-refractivity contribution in [1.82, 2.24) is 9.38 Å². The Bertz CT molecular complexity index is 623. The molecule has 18 heavy (non-hydrogen) atoms. The first-order chi connectivity index (χ1) is 8.28. The highest BCUT2D eigenvalue weighted by Crippen LogP contribution is 2.45. The molecular formula is C15H19ClN2. The summed E-state index contributed by atoms with van der Waals surface area (Å²) in [6, 6.07) is 3.91. The molecule has 96 valence electrons. The average Bonchev–Trinajstić information content (AvgIpc) is 2.51. The lowest BCUT2D eigenvalue weighted by molar-refractivity contribution is 0.224. The van der Waals surface area contributed by atoms with Gasteiger partial charge in [0.05, 0.1) is 16.4 Å².